The number of rotatable bonds is 3. The molecule has 0 aliphatic rings. The molecule has 0 atom stereocenters. The lowest BCUT2D eigenvalue weighted by Crippen LogP contribution is -1.91. The topological polar surface area (TPSA) is 59.4 Å². The maximum atomic E-state index is 10.2. The van der Waals surface area contributed by atoms with Gasteiger partial charge in [0, 0.05) is 11.8 Å². The summed E-state index contributed by atoms with van der Waals surface area (Å²) in [5, 5.41) is 9.85. The molecule has 0 bridgehead atoms. The maximum Gasteiger partial charge on any atom is 0.298 e. The Morgan fingerprint density at radius 2 is 2.06 bits per heavy atom. The van der Waals surface area contributed by atoms with Crippen LogP contribution in [0.25, 0.3) is 11.3 Å². The van der Waals surface area contributed by atoms with Crippen LogP contribution in [-0.4, -0.2) is 16.6 Å². The van der Waals surface area contributed by atoms with Crippen molar-refractivity contribution in [2.45, 2.75) is 0 Å². The third-order valence-electron chi connectivity index (χ3n) is 2.11. The summed E-state index contributed by atoms with van der Waals surface area (Å²) in [6, 6.07) is 10.3. The first kappa shape index (κ1) is 10.2. The molecule has 80 valence electrons. The molecular weight excluding hydrogens is 206 g/mol. The molecule has 0 unspecified atom stereocenters. The van der Waals surface area contributed by atoms with Crippen LogP contribution in [0, 0.1) is 0 Å². The zero-order valence-corrected chi connectivity index (χ0v) is 8.33. The van der Waals surface area contributed by atoms with Gasteiger partial charge in [0.1, 0.15) is 0 Å². The molecule has 0 fully saturated rings. The van der Waals surface area contributed by atoms with Crippen LogP contribution in [0.4, 0.5) is 0 Å². The zero-order valence-electron chi connectivity index (χ0n) is 8.33. The quantitative estimate of drug-likeness (QED) is 0.795. The Kier molecular flexibility index (Phi) is 2.82. The van der Waals surface area contributed by atoms with E-state index >= 15 is 0 Å². The summed E-state index contributed by atoms with van der Waals surface area (Å²) >= 11 is 0. The van der Waals surface area contributed by atoms with Crippen LogP contribution in [0.1, 0.15) is 0 Å². The number of carbonyl (C=O) groups is 1. The molecule has 2 rings (SSSR count). The number of hydrogen-bond acceptors (Lipinski definition) is 4. The molecule has 1 aromatic heterocycles. The fraction of sp³-hybridized carbons (Fsp3) is 0. The summed E-state index contributed by atoms with van der Waals surface area (Å²) in [5.74, 6) is 0.0338. The molecular formula is C12H9NO3. The molecule has 0 spiro atoms. The van der Waals surface area contributed by atoms with E-state index in [-0.39, 0.29) is 18.0 Å². The van der Waals surface area contributed by atoms with E-state index in [1.165, 1.54) is 6.07 Å². The van der Waals surface area contributed by atoms with Gasteiger partial charge < -0.3 is 9.84 Å². The molecule has 2 aromatic rings. The molecule has 1 aromatic carbocycles. The third kappa shape index (κ3) is 1.86. The van der Waals surface area contributed by atoms with Crippen molar-refractivity contribution in [3.8, 4) is 22.8 Å². The number of phenolic OH excluding ortho intramolecular Hbond substituents is 1. The number of ether oxygens (including phenoxy) is 1. The number of hydrogen-bond donors (Lipinski definition) is 1. The predicted octanol–water partition coefficient (Wildman–Crippen LogP) is 1.99. The van der Waals surface area contributed by atoms with Gasteiger partial charge in [0.05, 0.1) is 5.69 Å². The number of para-hydroxylation sites is 1. The monoisotopic (exact) mass is 215 g/mol. The molecule has 0 saturated heterocycles. The molecule has 0 radical (unpaired) electrons. The number of aromatic nitrogens is 1. The van der Waals surface area contributed by atoms with E-state index in [1.54, 1.807) is 30.5 Å². The normalized spacial score (nSPS) is 9.75. The Balaban J connectivity index is 2.50. The Morgan fingerprint density at radius 3 is 2.75 bits per heavy atom. The average molecular weight is 215 g/mol. The van der Waals surface area contributed by atoms with Crippen molar-refractivity contribution in [2.75, 3.05) is 0 Å². The second-order valence-corrected chi connectivity index (χ2v) is 3.08. The van der Waals surface area contributed by atoms with Gasteiger partial charge in [-0.1, -0.05) is 12.1 Å². The first-order chi connectivity index (χ1) is 7.83. The van der Waals surface area contributed by atoms with Gasteiger partial charge in [0.15, 0.2) is 11.5 Å². The molecule has 4 nitrogen and oxygen atoms in total. The summed E-state index contributed by atoms with van der Waals surface area (Å²) < 4.78 is 4.64. The minimum atomic E-state index is -0.0895. The highest BCUT2D eigenvalue weighted by molar-refractivity contribution is 5.71. The lowest BCUT2D eigenvalue weighted by Gasteiger charge is -2.06. The SMILES string of the molecule is O=COc1cccc(-c2ccccn2)c1O. The Labute approximate surface area is 92.1 Å². The molecule has 0 saturated carbocycles. The van der Waals surface area contributed by atoms with E-state index < -0.39 is 0 Å². The summed E-state index contributed by atoms with van der Waals surface area (Å²) in [6.07, 6.45) is 1.63. The lowest BCUT2D eigenvalue weighted by atomic mass is 10.1. The maximum absolute atomic E-state index is 10.2. The Bertz CT molecular complexity index is 497. The largest absolute Gasteiger partial charge is 0.504 e. The van der Waals surface area contributed by atoms with Crippen molar-refractivity contribution < 1.29 is 14.6 Å². The van der Waals surface area contributed by atoms with E-state index in [9.17, 15) is 9.90 Å². The van der Waals surface area contributed by atoms with Crippen LogP contribution in [0.3, 0.4) is 0 Å². The molecule has 0 aliphatic carbocycles. The van der Waals surface area contributed by atoms with Crippen molar-refractivity contribution in [2.24, 2.45) is 0 Å². The van der Waals surface area contributed by atoms with Gasteiger partial charge in [-0.05, 0) is 24.3 Å². The summed E-state index contributed by atoms with van der Waals surface area (Å²) in [7, 11) is 0. The van der Waals surface area contributed by atoms with Crippen molar-refractivity contribution in [3.05, 3.63) is 42.6 Å². The second-order valence-electron chi connectivity index (χ2n) is 3.08. The van der Waals surface area contributed by atoms with Crippen LogP contribution < -0.4 is 4.74 Å². The van der Waals surface area contributed by atoms with Gasteiger partial charge >= 0.3 is 0 Å². The first-order valence-electron chi connectivity index (χ1n) is 4.66. The van der Waals surface area contributed by atoms with Crippen molar-refractivity contribution >= 4 is 6.47 Å². The molecule has 4 heteroatoms. The smallest absolute Gasteiger partial charge is 0.298 e. The third-order valence-corrected chi connectivity index (χ3v) is 2.11. The summed E-state index contributed by atoms with van der Waals surface area (Å²) in [5.41, 5.74) is 1.15. The molecule has 1 N–H and O–H groups in total. The lowest BCUT2D eigenvalue weighted by molar-refractivity contribution is -0.120. The van der Waals surface area contributed by atoms with Crippen LogP contribution in [0.15, 0.2) is 42.6 Å². The fourth-order valence-electron chi connectivity index (χ4n) is 1.40. The highest BCUT2D eigenvalue weighted by Gasteiger charge is 2.10. The van der Waals surface area contributed by atoms with Gasteiger partial charge in [0.2, 0.25) is 0 Å². The number of benzene rings is 1. The van der Waals surface area contributed by atoms with Crippen LogP contribution in [0.5, 0.6) is 11.5 Å². The molecule has 0 aliphatic heterocycles. The minimum Gasteiger partial charge on any atom is -0.504 e. The van der Waals surface area contributed by atoms with E-state index in [1.807, 2.05) is 6.07 Å². The zero-order chi connectivity index (χ0) is 11.4. The van der Waals surface area contributed by atoms with Gasteiger partial charge in [-0.2, -0.15) is 0 Å². The number of nitrogens with zero attached hydrogens (tertiary/aromatic N) is 1. The Morgan fingerprint density at radius 1 is 1.19 bits per heavy atom. The van der Waals surface area contributed by atoms with Gasteiger partial charge in [0.25, 0.3) is 6.47 Å². The van der Waals surface area contributed by atoms with Crippen molar-refractivity contribution in [1.29, 1.82) is 0 Å². The Hall–Kier alpha value is -2.36. The van der Waals surface area contributed by atoms with Crippen molar-refractivity contribution in [3.63, 3.8) is 0 Å². The number of phenols is 1. The van der Waals surface area contributed by atoms with E-state index in [2.05, 4.69) is 9.72 Å². The average Bonchev–Trinajstić information content (AvgIpc) is 2.33. The number of carbonyl (C=O) groups excluding carboxylic acids is 1. The standard InChI is InChI=1S/C12H9NO3/c14-8-16-11-6-3-4-9(12(11)15)10-5-1-2-7-13-10/h1-8,15H. The van der Waals surface area contributed by atoms with E-state index in [0.717, 1.165) is 0 Å². The highest BCUT2D eigenvalue weighted by atomic mass is 16.5. The van der Waals surface area contributed by atoms with Crippen LogP contribution >= 0.6 is 0 Å². The van der Waals surface area contributed by atoms with Crippen LogP contribution in [0.2, 0.25) is 0 Å². The van der Waals surface area contributed by atoms with Gasteiger partial charge in [-0.15, -0.1) is 0 Å². The van der Waals surface area contributed by atoms with Gasteiger partial charge in [-0.25, -0.2) is 0 Å². The minimum absolute atomic E-state index is 0.0895. The second kappa shape index (κ2) is 4.44. The first-order valence-corrected chi connectivity index (χ1v) is 4.66. The molecule has 1 heterocycles. The molecule has 0 amide bonds. The summed E-state index contributed by atoms with van der Waals surface area (Å²) in [4.78, 5) is 14.3. The number of pyridine rings is 1. The highest BCUT2D eigenvalue weighted by Crippen LogP contribution is 2.35. The van der Waals surface area contributed by atoms with Crippen LogP contribution in [-0.2, 0) is 4.79 Å². The van der Waals surface area contributed by atoms with E-state index in [4.69, 9.17) is 0 Å². The van der Waals surface area contributed by atoms with Crippen molar-refractivity contribution in [1.82, 2.24) is 4.98 Å². The fourth-order valence-corrected chi connectivity index (χ4v) is 1.40. The number of aromatic hydroxyl groups is 1. The van der Waals surface area contributed by atoms with E-state index in [0.29, 0.717) is 11.3 Å². The predicted molar refractivity (Wildman–Crippen MR) is 58.0 cm³/mol. The van der Waals surface area contributed by atoms with Gasteiger partial charge in [-0.3, -0.25) is 9.78 Å². The molecule has 16 heavy (non-hydrogen) atoms. The summed E-state index contributed by atoms with van der Waals surface area (Å²) in [6.45, 7) is 0.275.